The van der Waals surface area contributed by atoms with E-state index in [1.54, 1.807) is 7.05 Å². The molecule has 0 aromatic heterocycles. The van der Waals surface area contributed by atoms with E-state index in [9.17, 15) is 4.79 Å². The van der Waals surface area contributed by atoms with Crippen molar-refractivity contribution in [1.82, 2.24) is 5.32 Å². The standard InChI is InChI=1S/C8H13NO2/c1-9-8(10)11-7-5-3-2-4-6-7/h5H,2-4,6H2,1H3,(H,9,10). The molecule has 1 rings (SSSR count). The van der Waals surface area contributed by atoms with Crippen LogP contribution in [0.4, 0.5) is 4.79 Å². The molecule has 62 valence electrons. The van der Waals surface area contributed by atoms with Gasteiger partial charge in [-0.1, -0.05) is 0 Å². The first-order valence-electron chi connectivity index (χ1n) is 3.91. The normalized spacial score (nSPS) is 17.0. The first kappa shape index (κ1) is 8.11. The quantitative estimate of drug-likeness (QED) is 0.627. The third-order valence-corrected chi connectivity index (χ3v) is 1.68. The maximum absolute atomic E-state index is 10.7. The molecule has 0 aromatic carbocycles. The van der Waals surface area contributed by atoms with Gasteiger partial charge in [-0.25, -0.2) is 4.79 Å². The molecule has 0 heterocycles. The minimum absolute atomic E-state index is 0.363. The molecule has 11 heavy (non-hydrogen) atoms. The molecule has 0 fully saturated rings. The summed E-state index contributed by atoms with van der Waals surface area (Å²) in [5.74, 6) is 0.815. The molecule has 0 aromatic rings. The van der Waals surface area contributed by atoms with Gasteiger partial charge in [0, 0.05) is 13.5 Å². The van der Waals surface area contributed by atoms with Crippen molar-refractivity contribution in [2.24, 2.45) is 0 Å². The van der Waals surface area contributed by atoms with Crippen molar-refractivity contribution >= 4 is 6.09 Å². The zero-order chi connectivity index (χ0) is 8.10. The number of allylic oxidation sites excluding steroid dienone is 2. The van der Waals surface area contributed by atoms with Gasteiger partial charge < -0.3 is 10.1 Å². The second kappa shape index (κ2) is 4.01. The highest BCUT2D eigenvalue weighted by Gasteiger charge is 2.07. The average Bonchev–Trinajstić information content (AvgIpc) is 2.06. The largest absolute Gasteiger partial charge is 0.415 e. The summed E-state index contributed by atoms with van der Waals surface area (Å²) in [6, 6.07) is 0. The van der Waals surface area contributed by atoms with Gasteiger partial charge in [-0.3, -0.25) is 0 Å². The molecule has 0 unspecified atom stereocenters. The molecule has 0 aliphatic heterocycles. The van der Waals surface area contributed by atoms with Crippen molar-refractivity contribution in [2.45, 2.75) is 25.7 Å². The van der Waals surface area contributed by atoms with Crippen LogP contribution in [0.25, 0.3) is 0 Å². The number of amides is 1. The van der Waals surface area contributed by atoms with E-state index in [0.29, 0.717) is 0 Å². The fraction of sp³-hybridized carbons (Fsp3) is 0.625. The van der Waals surface area contributed by atoms with E-state index in [0.717, 1.165) is 25.0 Å². The molecule has 1 aliphatic rings. The predicted molar refractivity (Wildman–Crippen MR) is 42.1 cm³/mol. The lowest BCUT2D eigenvalue weighted by Crippen LogP contribution is -2.19. The SMILES string of the molecule is CNC(=O)OC1=CCCCC1. The van der Waals surface area contributed by atoms with Crippen molar-refractivity contribution in [3.8, 4) is 0 Å². The number of carbonyl (C=O) groups is 1. The number of carbonyl (C=O) groups excluding carboxylic acids is 1. The van der Waals surface area contributed by atoms with Crippen LogP contribution in [0.15, 0.2) is 11.8 Å². The Morgan fingerprint density at radius 1 is 1.64 bits per heavy atom. The summed E-state index contributed by atoms with van der Waals surface area (Å²) in [6.45, 7) is 0. The van der Waals surface area contributed by atoms with E-state index >= 15 is 0 Å². The summed E-state index contributed by atoms with van der Waals surface area (Å²) in [6.07, 6.45) is 5.89. The van der Waals surface area contributed by atoms with E-state index in [1.807, 2.05) is 6.08 Å². The zero-order valence-corrected chi connectivity index (χ0v) is 6.72. The maximum Gasteiger partial charge on any atom is 0.412 e. The molecule has 1 N–H and O–H groups in total. The minimum atomic E-state index is -0.363. The zero-order valence-electron chi connectivity index (χ0n) is 6.72. The number of nitrogens with one attached hydrogen (secondary N) is 1. The third-order valence-electron chi connectivity index (χ3n) is 1.68. The molecule has 3 nitrogen and oxygen atoms in total. The highest BCUT2D eigenvalue weighted by Crippen LogP contribution is 2.17. The highest BCUT2D eigenvalue weighted by molar-refractivity contribution is 5.67. The van der Waals surface area contributed by atoms with Crippen LogP contribution in [0.3, 0.4) is 0 Å². The molecule has 0 saturated heterocycles. The Balaban J connectivity index is 2.35. The number of hydrogen-bond acceptors (Lipinski definition) is 2. The highest BCUT2D eigenvalue weighted by atomic mass is 16.6. The molecule has 0 saturated carbocycles. The van der Waals surface area contributed by atoms with Crippen LogP contribution in [-0.4, -0.2) is 13.1 Å². The second-order valence-electron chi connectivity index (χ2n) is 2.56. The molecule has 0 atom stereocenters. The van der Waals surface area contributed by atoms with Gasteiger partial charge in [-0.15, -0.1) is 0 Å². The third kappa shape index (κ3) is 2.62. The van der Waals surface area contributed by atoms with Gasteiger partial charge in [0.2, 0.25) is 0 Å². The van der Waals surface area contributed by atoms with Gasteiger partial charge in [0.15, 0.2) is 0 Å². The van der Waals surface area contributed by atoms with E-state index in [4.69, 9.17) is 4.74 Å². The van der Waals surface area contributed by atoms with Crippen molar-refractivity contribution in [1.29, 1.82) is 0 Å². The lowest BCUT2D eigenvalue weighted by atomic mass is 10.1. The number of hydrogen-bond donors (Lipinski definition) is 1. The molecule has 0 spiro atoms. The van der Waals surface area contributed by atoms with Gasteiger partial charge >= 0.3 is 6.09 Å². The number of rotatable bonds is 1. The maximum atomic E-state index is 10.7. The second-order valence-corrected chi connectivity index (χ2v) is 2.56. The van der Waals surface area contributed by atoms with E-state index in [2.05, 4.69) is 5.32 Å². The summed E-state index contributed by atoms with van der Waals surface area (Å²) in [5, 5.41) is 2.41. The Kier molecular flexibility index (Phi) is 2.95. The lowest BCUT2D eigenvalue weighted by Gasteiger charge is -2.11. The van der Waals surface area contributed by atoms with Crippen molar-refractivity contribution in [3.05, 3.63) is 11.8 Å². The monoisotopic (exact) mass is 155 g/mol. The van der Waals surface area contributed by atoms with Gasteiger partial charge in [-0.2, -0.15) is 0 Å². The first-order valence-corrected chi connectivity index (χ1v) is 3.91. The fourth-order valence-corrected chi connectivity index (χ4v) is 1.07. The van der Waals surface area contributed by atoms with Crippen LogP contribution < -0.4 is 5.32 Å². The Bertz CT molecular complexity index is 175. The van der Waals surface area contributed by atoms with Crippen LogP contribution in [0, 0.1) is 0 Å². The molecule has 0 bridgehead atoms. The fourth-order valence-electron chi connectivity index (χ4n) is 1.07. The van der Waals surface area contributed by atoms with Crippen LogP contribution in [0.1, 0.15) is 25.7 Å². The van der Waals surface area contributed by atoms with E-state index in [-0.39, 0.29) is 6.09 Å². The molecule has 0 radical (unpaired) electrons. The lowest BCUT2D eigenvalue weighted by molar-refractivity contribution is 0.173. The van der Waals surface area contributed by atoms with Crippen molar-refractivity contribution < 1.29 is 9.53 Å². The van der Waals surface area contributed by atoms with E-state index < -0.39 is 0 Å². The summed E-state index contributed by atoms with van der Waals surface area (Å²) < 4.78 is 4.95. The average molecular weight is 155 g/mol. The van der Waals surface area contributed by atoms with Gasteiger partial charge in [-0.05, 0) is 25.3 Å². The Labute approximate surface area is 66.4 Å². The van der Waals surface area contributed by atoms with E-state index in [1.165, 1.54) is 6.42 Å². The first-order chi connectivity index (χ1) is 5.33. The van der Waals surface area contributed by atoms with Gasteiger partial charge in [0.25, 0.3) is 0 Å². The summed E-state index contributed by atoms with van der Waals surface area (Å²) >= 11 is 0. The summed E-state index contributed by atoms with van der Waals surface area (Å²) in [4.78, 5) is 10.7. The van der Waals surface area contributed by atoms with Crippen molar-refractivity contribution in [2.75, 3.05) is 7.05 Å². The van der Waals surface area contributed by atoms with Crippen LogP contribution in [0.2, 0.25) is 0 Å². The molecular formula is C8H13NO2. The topological polar surface area (TPSA) is 38.3 Å². The predicted octanol–water partition coefficient (Wildman–Crippen LogP) is 1.80. The number of alkyl carbamates (subject to hydrolysis) is 1. The summed E-state index contributed by atoms with van der Waals surface area (Å²) in [7, 11) is 1.56. The minimum Gasteiger partial charge on any atom is -0.415 e. The smallest absolute Gasteiger partial charge is 0.412 e. The molecular weight excluding hydrogens is 142 g/mol. The number of ether oxygens (including phenoxy) is 1. The molecule has 1 aliphatic carbocycles. The van der Waals surface area contributed by atoms with Crippen LogP contribution >= 0.6 is 0 Å². The van der Waals surface area contributed by atoms with Crippen LogP contribution in [0.5, 0.6) is 0 Å². The van der Waals surface area contributed by atoms with Crippen molar-refractivity contribution in [3.63, 3.8) is 0 Å². The summed E-state index contributed by atoms with van der Waals surface area (Å²) in [5.41, 5.74) is 0. The van der Waals surface area contributed by atoms with Gasteiger partial charge in [0.1, 0.15) is 5.76 Å². The molecule has 1 amide bonds. The Morgan fingerprint density at radius 2 is 2.45 bits per heavy atom. The van der Waals surface area contributed by atoms with Crippen LogP contribution in [-0.2, 0) is 4.74 Å². The molecule has 3 heteroatoms. The van der Waals surface area contributed by atoms with Gasteiger partial charge in [0.05, 0.1) is 0 Å². The Hall–Kier alpha value is -0.990. The Morgan fingerprint density at radius 3 is 3.00 bits per heavy atom.